The van der Waals surface area contributed by atoms with E-state index in [1.807, 2.05) is 11.5 Å². The van der Waals surface area contributed by atoms with Gasteiger partial charge in [-0.2, -0.15) is 0 Å². The summed E-state index contributed by atoms with van der Waals surface area (Å²) in [4.78, 5) is 15.6. The summed E-state index contributed by atoms with van der Waals surface area (Å²) in [5.41, 5.74) is 3.26. The number of hydrogen-bond acceptors (Lipinski definition) is 4. The molecule has 0 bridgehead atoms. The first-order valence-electron chi connectivity index (χ1n) is 7.00. The van der Waals surface area contributed by atoms with E-state index in [9.17, 15) is 18.0 Å². The number of nitrogens with two attached hydrogens (primary N) is 1. The van der Waals surface area contributed by atoms with Crippen LogP contribution in [0.2, 0.25) is 0 Å². The monoisotopic (exact) mass is 325 g/mol. The highest BCUT2D eigenvalue weighted by molar-refractivity contribution is 5.97. The van der Waals surface area contributed by atoms with Gasteiger partial charge in [-0.1, -0.05) is 0 Å². The van der Waals surface area contributed by atoms with E-state index >= 15 is 0 Å². The maximum atomic E-state index is 12.7. The van der Waals surface area contributed by atoms with Crippen molar-refractivity contribution in [2.24, 2.45) is 5.84 Å². The number of ether oxygens (including phenoxy) is 1. The Morgan fingerprint density at radius 1 is 1.35 bits per heavy atom. The van der Waals surface area contributed by atoms with Crippen LogP contribution >= 0.6 is 0 Å². The molecular weight excluding hydrogens is 311 g/mol. The third-order valence-electron chi connectivity index (χ3n) is 3.75. The number of fused-ring (bicyclic) bond motifs is 1. The number of halogens is 3. The number of carbonyl (C=O) groups excluding carboxylic acids is 1. The highest BCUT2D eigenvalue weighted by atomic mass is 19.4. The predicted molar refractivity (Wildman–Crippen MR) is 76.8 cm³/mol. The molecule has 1 amide bonds. The molecule has 3 N–H and O–H groups in total. The number of pyridine rings is 1. The molecule has 1 aromatic heterocycles. The number of aromatic nitrogens is 1. The van der Waals surface area contributed by atoms with Crippen molar-refractivity contribution >= 4 is 16.8 Å². The summed E-state index contributed by atoms with van der Waals surface area (Å²) in [7, 11) is 0. The lowest BCUT2D eigenvalue weighted by molar-refractivity contribution is -0.274. The Labute approximate surface area is 129 Å². The summed E-state index contributed by atoms with van der Waals surface area (Å²) in [5.74, 6) is 4.23. The Hall–Kier alpha value is -2.35. The highest BCUT2D eigenvalue weighted by Gasteiger charge is 2.34. The van der Waals surface area contributed by atoms with Crippen LogP contribution < -0.4 is 16.0 Å². The van der Waals surface area contributed by atoms with Crippen LogP contribution in [0.25, 0.3) is 10.9 Å². The molecule has 122 valence electrons. The van der Waals surface area contributed by atoms with Crippen LogP contribution in [0, 0.1) is 6.92 Å². The number of nitrogens with one attached hydrogen (secondary N) is 1. The quantitative estimate of drug-likeness (QED) is 0.517. The molecule has 1 heterocycles. The zero-order valence-electron chi connectivity index (χ0n) is 12.2. The van der Waals surface area contributed by atoms with Crippen molar-refractivity contribution in [1.29, 1.82) is 0 Å². The SMILES string of the molecule is Cc1cc(C(=O)NN)nc2c(OC(F)(F)F)cc(C3CC3)cc12. The zero-order chi connectivity index (χ0) is 16.8. The average Bonchev–Trinajstić information content (AvgIpc) is 3.29. The fourth-order valence-corrected chi connectivity index (χ4v) is 2.53. The minimum Gasteiger partial charge on any atom is -0.403 e. The number of amides is 1. The molecular formula is C15H14F3N3O2. The summed E-state index contributed by atoms with van der Waals surface area (Å²) in [6, 6.07) is 4.64. The van der Waals surface area contributed by atoms with Crippen LogP contribution in [0.5, 0.6) is 5.75 Å². The Balaban J connectivity index is 2.22. The molecule has 0 radical (unpaired) electrons. The van der Waals surface area contributed by atoms with Gasteiger partial charge in [0, 0.05) is 5.39 Å². The number of alkyl halides is 3. The smallest absolute Gasteiger partial charge is 0.403 e. The van der Waals surface area contributed by atoms with Crippen LogP contribution in [0.3, 0.4) is 0 Å². The number of hydrogen-bond donors (Lipinski definition) is 2. The first kappa shape index (κ1) is 15.5. The van der Waals surface area contributed by atoms with Gasteiger partial charge in [0.05, 0.1) is 0 Å². The van der Waals surface area contributed by atoms with Gasteiger partial charge in [-0.3, -0.25) is 10.2 Å². The fourth-order valence-electron chi connectivity index (χ4n) is 2.53. The molecule has 0 atom stereocenters. The maximum Gasteiger partial charge on any atom is 0.573 e. The number of hydrazine groups is 1. The number of nitrogen functional groups attached to an aromatic ring is 1. The molecule has 1 aromatic carbocycles. The first-order chi connectivity index (χ1) is 10.8. The van der Waals surface area contributed by atoms with Gasteiger partial charge >= 0.3 is 6.36 Å². The van der Waals surface area contributed by atoms with Crippen molar-refractivity contribution in [2.45, 2.75) is 32.0 Å². The minimum atomic E-state index is -4.84. The van der Waals surface area contributed by atoms with Gasteiger partial charge in [-0.25, -0.2) is 10.8 Å². The minimum absolute atomic E-state index is 0.00896. The van der Waals surface area contributed by atoms with Crippen molar-refractivity contribution < 1.29 is 22.7 Å². The Kier molecular flexibility index (Phi) is 3.63. The van der Waals surface area contributed by atoms with Gasteiger partial charge in [0.15, 0.2) is 5.75 Å². The van der Waals surface area contributed by atoms with Gasteiger partial charge in [-0.15, -0.1) is 13.2 Å². The fraction of sp³-hybridized carbons (Fsp3) is 0.333. The standard InChI is InChI=1S/C15H14F3N3O2/c1-7-4-11(14(22)21-19)20-13-10(7)5-9(8-2-3-8)6-12(13)23-15(16,17)18/h4-6,8H,2-3,19H2,1H3,(H,21,22). The first-order valence-corrected chi connectivity index (χ1v) is 7.00. The lowest BCUT2D eigenvalue weighted by atomic mass is 10.0. The molecule has 1 saturated carbocycles. The highest BCUT2D eigenvalue weighted by Crippen LogP contribution is 2.44. The number of benzene rings is 1. The molecule has 1 aliphatic carbocycles. The van der Waals surface area contributed by atoms with Crippen molar-refractivity contribution in [3.8, 4) is 5.75 Å². The average molecular weight is 325 g/mol. The van der Waals surface area contributed by atoms with E-state index in [0.717, 1.165) is 18.4 Å². The Morgan fingerprint density at radius 3 is 2.61 bits per heavy atom. The van der Waals surface area contributed by atoms with Crippen LogP contribution in [-0.4, -0.2) is 17.3 Å². The van der Waals surface area contributed by atoms with E-state index in [1.165, 1.54) is 12.1 Å². The van der Waals surface area contributed by atoms with Gasteiger partial charge in [-0.05, 0) is 55.0 Å². The van der Waals surface area contributed by atoms with Crippen molar-refractivity contribution in [3.05, 3.63) is 35.0 Å². The van der Waals surface area contributed by atoms with Crippen molar-refractivity contribution in [1.82, 2.24) is 10.4 Å². The molecule has 0 unspecified atom stereocenters. The van der Waals surface area contributed by atoms with Gasteiger partial charge in [0.25, 0.3) is 5.91 Å². The maximum absolute atomic E-state index is 12.7. The largest absolute Gasteiger partial charge is 0.573 e. The molecule has 23 heavy (non-hydrogen) atoms. The van der Waals surface area contributed by atoms with Crippen LogP contribution in [0.15, 0.2) is 18.2 Å². The second-order valence-electron chi connectivity index (χ2n) is 5.54. The van der Waals surface area contributed by atoms with Gasteiger partial charge < -0.3 is 4.74 Å². The third kappa shape index (κ3) is 3.21. The van der Waals surface area contributed by atoms with Crippen molar-refractivity contribution in [3.63, 3.8) is 0 Å². The molecule has 5 nitrogen and oxygen atoms in total. The second kappa shape index (κ2) is 5.38. The Bertz CT molecular complexity index is 786. The topological polar surface area (TPSA) is 77.2 Å². The number of aryl methyl sites for hydroxylation is 1. The molecule has 0 saturated heterocycles. The summed E-state index contributed by atoms with van der Waals surface area (Å²) in [6.45, 7) is 1.70. The number of carbonyl (C=O) groups is 1. The molecule has 0 aliphatic heterocycles. The van der Waals surface area contributed by atoms with E-state index in [2.05, 4.69) is 9.72 Å². The van der Waals surface area contributed by atoms with E-state index in [0.29, 0.717) is 10.9 Å². The van der Waals surface area contributed by atoms with Gasteiger partial charge in [0.2, 0.25) is 0 Å². The summed E-state index contributed by atoms with van der Waals surface area (Å²) < 4.78 is 42.2. The molecule has 0 spiro atoms. The van der Waals surface area contributed by atoms with Crippen molar-refractivity contribution in [2.75, 3.05) is 0 Å². The van der Waals surface area contributed by atoms with E-state index in [1.54, 1.807) is 6.92 Å². The van der Waals surface area contributed by atoms with Gasteiger partial charge in [0.1, 0.15) is 11.2 Å². The lowest BCUT2D eigenvalue weighted by Crippen LogP contribution is -2.30. The van der Waals surface area contributed by atoms with E-state index in [4.69, 9.17) is 5.84 Å². The third-order valence-corrected chi connectivity index (χ3v) is 3.75. The summed E-state index contributed by atoms with van der Waals surface area (Å²) in [5, 5.41) is 0.530. The molecule has 8 heteroatoms. The van der Waals surface area contributed by atoms with E-state index < -0.39 is 18.0 Å². The normalized spacial score (nSPS) is 14.8. The zero-order valence-corrected chi connectivity index (χ0v) is 12.2. The number of nitrogens with zero attached hydrogens (tertiary/aromatic N) is 1. The predicted octanol–water partition coefficient (Wildman–Crippen LogP) is 2.92. The van der Waals surface area contributed by atoms with Crippen LogP contribution in [0.1, 0.15) is 40.4 Å². The molecule has 1 aliphatic rings. The summed E-state index contributed by atoms with van der Waals surface area (Å²) >= 11 is 0. The molecule has 2 aromatic rings. The second-order valence-corrected chi connectivity index (χ2v) is 5.54. The number of rotatable bonds is 3. The van der Waals surface area contributed by atoms with Crippen LogP contribution in [0.4, 0.5) is 13.2 Å². The lowest BCUT2D eigenvalue weighted by Gasteiger charge is -2.15. The summed E-state index contributed by atoms with van der Waals surface area (Å²) in [6.07, 6.45) is -2.95. The van der Waals surface area contributed by atoms with Crippen LogP contribution in [-0.2, 0) is 0 Å². The molecule has 1 fully saturated rings. The Morgan fingerprint density at radius 2 is 2.04 bits per heavy atom. The molecule has 3 rings (SSSR count). The van der Waals surface area contributed by atoms with E-state index in [-0.39, 0.29) is 17.1 Å².